The molecule has 0 saturated carbocycles. The van der Waals surface area contributed by atoms with Crippen LogP contribution in [0.15, 0.2) is 0 Å². The second kappa shape index (κ2) is 4.72. The van der Waals surface area contributed by atoms with E-state index in [0.29, 0.717) is 0 Å². The van der Waals surface area contributed by atoms with Gasteiger partial charge in [0.1, 0.15) is 0 Å². The Balaban J connectivity index is 1.74. The molecule has 2 fully saturated rings. The van der Waals surface area contributed by atoms with Gasteiger partial charge < -0.3 is 15.0 Å². The molecule has 0 aromatic carbocycles. The quantitative estimate of drug-likeness (QED) is 0.764. The second-order valence-corrected chi connectivity index (χ2v) is 5.44. The molecule has 16 heavy (non-hydrogen) atoms. The minimum atomic E-state index is -0.0597. The highest BCUT2D eigenvalue weighted by Gasteiger charge is 2.34. The Morgan fingerprint density at radius 2 is 2.06 bits per heavy atom. The zero-order valence-electron chi connectivity index (χ0n) is 10.3. The summed E-state index contributed by atoms with van der Waals surface area (Å²) in [6.45, 7) is 8.51. The van der Waals surface area contributed by atoms with Gasteiger partial charge in [-0.1, -0.05) is 6.92 Å². The average molecular weight is 226 g/mol. The van der Waals surface area contributed by atoms with Gasteiger partial charge >= 0.3 is 0 Å². The lowest BCUT2D eigenvalue weighted by atomic mass is 9.88. The normalized spacial score (nSPS) is 25.2. The standard InChI is InChI=1S/C12H22N2O2/c1-10(11(15)14-5-3-4-6-14)13-7-12(2)8-16-9-12/h10,13H,3-9H2,1-2H3. The number of hydrogen-bond acceptors (Lipinski definition) is 3. The van der Waals surface area contributed by atoms with Crippen LogP contribution in [0.4, 0.5) is 0 Å². The maximum Gasteiger partial charge on any atom is 0.239 e. The largest absolute Gasteiger partial charge is 0.380 e. The molecule has 0 aromatic heterocycles. The number of nitrogens with zero attached hydrogens (tertiary/aromatic N) is 1. The molecule has 92 valence electrons. The van der Waals surface area contributed by atoms with Gasteiger partial charge in [0, 0.05) is 25.0 Å². The van der Waals surface area contributed by atoms with Crippen LogP contribution in [0.25, 0.3) is 0 Å². The Labute approximate surface area is 97.3 Å². The van der Waals surface area contributed by atoms with Gasteiger partial charge in [0.15, 0.2) is 0 Å². The highest BCUT2D eigenvalue weighted by Crippen LogP contribution is 2.25. The van der Waals surface area contributed by atoms with E-state index in [1.807, 2.05) is 11.8 Å². The van der Waals surface area contributed by atoms with Crippen molar-refractivity contribution in [1.82, 2.24) is 10.2 Å². The minimum Gasteiger partial charge on any atom is -0.380 e. The van der Waals surface area contributed by atoms with Gasteiger partial charge in [0.05, 0.1) is 19.3 Å². The SMILES string of the molecule is CC(NCC1(C)COC1)C(=O)N1CCCC1. The van der Waals surface area contributed by atoms with Gasteiger partial charge in [0.2, 0.25) is 5.91 Å². The lowest BCUT2D eigenvalue weighted by Gasteiger charge is -2.39. The molecular weight excluding hydrogens is 204 g/mol. The van der Waals surface area contributed by atoms with Gasteiger partial charge in [-0.25, -0.2) is 0 Å². The Bertz CT molecular complexity index is 258. The second-order valence-electron chi connectivity index (χ2n) is 5.44. The Hall–Kier alpha value is -0.610. The number of carbonyl (C=O) groups excluding carboxylic acids is 1. The van der Waals surface area contributed by atoms with Gasteiger partial charge in [0.25, 0.3) is 0 Å². The lowest BCUT2D eigenvalue weighted by Crippen LogP contribution is -2.52. The number of ether oxygens (including phenoxy) is 1. The monoisotopic (exact) mass is 226 g/mol. The summed E-state index contributed by atoms with van der Waals surface area (Å²) < 4.78 is 5.20. The topological polar surface area (TPSA) is 41.6 Å². The number of hydrogen-bond donors (Lipinski definition) is 1. The molecule has 0 radical (unpaired) electrons. The molecule has 2 rings (SSSR count). The van der Waals surface area contributed by atoms with Gasteiger partial charge in [-0.05, 0) is 19.8 Å². The summed E-state index contributed by atoms with van der Waals surface area (Å²) in [5, 5.41) is 3.33. The predicted molar refractivity (Wildman–Crippen MR) is 62.2 cm³/mol. The van der Waals surface area contributed by atoms with Crippen LogP contribution in [-0.4, -0.2) is 49.7 Å². The first-order valence-corrected chi connectivity index (χ1v) is 6.21. The van der Waals surface area contributed by atoms with Crippen molar-refractivity contribution in [3.8, 4) is 0 Å². The smallest absolute Gasteiger partial charge is 0.239 e. The van der Waals surface area contributed by atoms with E-state index in [2.05, 4.69) is 12.2 Å². The summed E-state index contributed by atoms with van der Waals surface area (Å²) in [5.74, 6) is 0.251. The molecule has 1 unspecified atom stereocenters. The van der Waals surface area contributed by atoms with Gasteiger partial charge in [-0.15, -0.1) is 0 Å². The third kappa shape index (κ3) is 2.55. The molecule has 0 aliphatic carbocycles. The zero-order valence-corrected chi connectivity index (χ0v) is 10.3. The Morgan fingerprint density at radius 1 is 1.44 bits per heavy atom. The van der Waals surface area contributed by atoms with Crippen molar-refractivity contribution < 1.29 is 9.53 Å². The average Bonchev–Trinajstić information content (AvgIpc) is 2.75. The van der Waals surface area contributed by atoms with E-state index in [1.165, 1.54) is 0 Å². The fraction of sp³-hybridized carbons (Fsp3) is 0.917. The van der Waals surface area contributed by atoms with Crippen LogP contribution in [0, 0.1) is 5.41 Å². The highest BCUT2D eigenvalue weighted by atomic mass is 16.5. The van der Waals surface area contributed by atoms with Gasteiger partial charge in [-0.3, -0.25) is 4.79 Å². The van der Waals surface area contributed by atoms with Crippen LogP contribution in [0.3, 0.4) is 0 Å². The number of rotatable bonds is 4. The van der Waals surface area contributed by atoms with Crippen molar-refractivity contribution in [3.05, 3.63) is 0 Å². The molecule has 4 heteroatoms. The fourth-order valence-corrected chi connectivity index (χ4v) is 2.25. The first kappa shape index (κ1) is 11.9. The third-order valence-corrected chi connectivity index (χ3v) is 3.52. The van der Waals surface area contributed by atoms with Crippen molar-refractivity contribution in [3.63, 3.8) is 0 Å². The van der Waals surface area contributed by atoms with E-state index in [-0.39, 0.29) is 17.4 Å². The molecule has 2 aliphatic rings. The molecule has 0 aromatic rings. The summed E-state index contributed by atoms with van der Waals surface area (Å²) in [6.07, 6.45) is 2.31. The number of carbonyl (C=O) groups is 1. The third-order valence-electron chi connectivity index (χ3n) is 3.52. The summed E-state index contributed by atoms with van der Waals surface area (Å²) in [4.78, 5) is 14.0. The number of amides is 1. The van der Waals surface area contributed by atoms with Crippen molar-refractivity contribution in [2.45, 2.75) is 32.7 Å². The predicted octanol–water partition coefficient (Wildman–Crippen LogP) is 0.623. The van der Waals surface area contributed by atoms with Crippen LogP contribution >= 0.6 is 0 Å². The van der Waals surface area contributed by atoms with E-state index in [0.717, 1.165) is 45.7 Å². The first-order valence-electron chi connectivity index (χ1n) is 6.21. The number of likely N-dealkylation sites (tertiary alicyclic amines) is 1. The van der Waals surface area contributed by atoms with Crippen LogP contribution in [-0.2, 0) is 9.53 Å². The maximum atomic E-state index is 12.0. The minimum absolute atomic E-state index is 0.0597. The summed E-state index contributed by atoms with van der Waals surface area (Å²) in [5.41, 5.74) is 0.236. The Kier molecular flexibility index (Phi) is 3.50. The van der Waals surface area contributed by atoms with Crippen molar-refractivity contribution in [2.24, 2.45) is 5.41 Å². The van der Waals surface area contributed by atoms with E-state index in [9.17, 15) is 4.79 Å². The highest BCUT2D eigenvalue weighted by molar-refractivity contribution is 5.81. The summed E-state index contributed by atoms with van der Waals surface area (Å²) >= 11 is 0. The van der Waals surface area contributed by atoms with Gasteiger partial charge in [-0.2, -0.15) is 0 Å². The molecule has 1 atom stereocenters. The maximum absolute atomic E-state index is 12.0. The fourth-order valence-electron chi connectivity index (χ4n) is 2.25. The molecule has 4 nitrogen and oxygen atoms in total. The van der Waals surface area contributed by atoms with Crippen molar-refractivity contribution in [1.29, 1.82) is 0 Å². The summed E-state index contributed by atoms with van der Waals surface area (Å²) in [6, 6.07) is -0.0597. The van der Waals surface area contributed by atoms with Crippen LogP contribution < -0.4 is 5.32 Å². The molecule has 0 spiro atoms. The molecule has 2 aliphatic heterocycles. The van der Waals surface area contributed by atoms with Crippen LogP contribution in [0.5, 0.6) is 0 Å². The molecule has 2 heterocycles. The molecular formula is C12H22N2O2. The molecule has 1 amide bonds. The van der Waals surface area contributed by atoms with E-state index < -0.39 is 0 Å². The van der Waals surface area contributed by atoms with Crippen molar-refractivity contribution >= 4 is 5.91 Å². The first-order chi connectivity index (χ1) is 7.61. The number of nitrogens with one attached hydrogen (secondary N) is 1. The van der Waals surface area contributed by atoms with E-state index >= 15 is 0 Å². The van der Waals surface area contributed by atoms with Crippen LogP contribution in [0.1, 0.15) is 26.7 Å². The van der Waals surface area contributed by atoms with Crippen LogP contribution in [0.2, 0.25) is 0 Å². The lowest BCUT2D eigenvalue weighted by molar-refractivity contribution is -0.133. The molecule has 0 bridgehead atoms. The molecule has 2 saturated heterocycles. The van der Waals surface area contributed by atoms with Crippen molar-refractivity contribution in [2.75, 3.05) is 32.8 Å². The van der Waals surface area contributed by atoms with E-state index in [4.69, 9.17) is 4.74 Å². The molecule has 1 N–H and O–H groups in total. The Morgan fingerprint density at radius 3 is 2.56 bits per heavy atom. The van der Waals surface area contributed by atoms with E-state index in [1.54, 1.807) is 0 Å². The zero-order chi connectivity index (χ0) is 11.6. The summed E-state index contributed by atoms with van der Waals surface area (Å²) in [7, 11) is 0.